The van der Waals surface area contributed by atoms with Crippen LogP contribution in [-0.4, -0.2) is 23.5 Å². The minimum Gasteiger partial charge on any atom is -0.508 e. The average Bonchev–Trinajstić information content (AvgIpc) is 2.83. The molecule has 0 aliphatic heterocycles. The summed E-state index contributed by atoms with van der Waals surface area (Å²) in [5.41, 5.74) is 0.988. The SMILES string of the molecule is CCc1ncc(S(=O)(=O)Nc2ccc(O)c(C)c2)[nH]1. The molecule has 0 aliphatic carbocycles. The van der Waals surface area contributed by atoms with Gasteiger partial charge in [-0.3, -0.25) is 4.72 Å². The number of phenolic OH excluding ortho intramolecular Hbond substituents is 1. The zero-order valence-corrected chi connectivity index (χ0v) is 11.5. The first kappa shape index (κ1) is 13.4. The van der Waals surface area contributed by atoms with Crippen molar-refractivity contribution in [3.05, 3.63) is 35.8 Å². The Morgan fingerprint density at radius 3 is 2.74 bits per heavy atom. The number of hydrogen-bond acceptors (Lipinski definition) is 4. The number of rotatable bonds is 4. The Balaban J connectivity index is 2.28. The van der Waals surface area contributed by atoms with E-state index in [2.05, 4.69) is 14.7 Å². The molecule has 3 N–H and O–H groups in total. The minimum atomic E-state index is -3.68. The number of anilines is 1. The Bertz CT molecular complexity index is 692. The second-order valence-corrected chi connectivity index (χ2v) is 5.81. The van der Waals surface area contributed by atoms with Crippen molar-refractivity contribution in [3.8, 4) is 5.75 Å². The first-order chi connectivity index (χ1) is 8.92. The lowest BCUT2D eigenvalue weighted by Gasteiger charge is -2.07. The number of imidazole rings is 1. The highest BCUT2D eigenvalue weighted by atomic mass is 32.2. The second kappa shape index (κ2) is 4.93. The van der Waals surface area contributed by atoms with E-state index < -0.39 is 10.0 Å². The maximum atomic E-state index is 12.1. The quantitative estimate of drug-likeness (QED) is 0.744. The molecular formula is C12H15N3O3S. The molecule has 0 unspecified atom stereocenters. The van der Waals surface area contributed by atoms with Crippen molar-refractivity contribution in [1.82, 2.24) is 9.97 Å². The third-order valence-corrected chi connectivity index (χ3v) is 3.97. The Kier molecular flexibility index (Phi) is 3.48. The molecule has 102 valence electrons. The van der Waals surface area contributed by atoms with Gasteiger partial charge in [0.15, 0.2) is 5.03 Å². The van der Waals surface area contributed by atoms with Gasteiger partial charge >= 0.3 is 0 Å². The number of H-pyrrole nitrogens is 1. The van der Waals surface area contributed by atoms with Crippen molar-refractivity contribution in [3.63, 3.8) is 0 Å². The lowest BCUT2D eigenvalue weighted by Crippen LogP contribution is -2.13. The van der Waals surface area contributed by atoms with Crippen molar-refractivity contribution in [2.75, 3.05) is 4.72 Å². The second-order valence-electron chi connectivity index (χ2n) is 4.15. The summed E-state index contributed by atoms with van der Waals surface area (Å²) in [5.74, 6) is 0.736. The van der Waals surface area contributed by atoms with Gasteiger partial charge in [-0.15, -0.1) is 0 Å². The molecule has 0 saturated heterocycles. The van der Waals surface area contributed by atoms with E-state index in [9.17, 15) is 13.5 Å². The summed E-state index contributed by atoms with van der Waals surface area (Å²) in [7, 11) is -3.68. The predicted molar refractivity (Wildman–Crippen MR) is 71.6 cm³/mol. The number of nitrogens with one attached hydrogen (secondary N) is 2. The zero-order valence-electron chi connectivity index (χ0n) is 10.6. The van der Waals surface area contributed by atoms with Crippen LogP contribution in [0.2, 0.25) is 0 Å². The van der Waals surface area contributed by atoms with Gasteiger partial charge in [-0.2, -0.15) is 8.42 Å². The summed E-state index contributed by atoms with van der Waals surface area (Å²) in [6.45, 7) is 3.57. The number of aryl methyl sites for hydroxylation is 2. The van der Waals surface area contributed by atoms with Crippen LogP contribution in [0.15, 0.2) is 29.4 Å². The topological polar surface area (TPSA) is 95.1 Å². The lowest BCUT2D eigenvalue weighted by molar-refractivity contribution is 0.471. The van der Waals surface area contributed by atoms with Gasteiger partial charge in [0, 0.05) is 12.1 Å². The number of aromatic hydroxyl groups is 1. The molecule has 2 aromatic rings. The van der Waals surface area contributed by atoms with Crippen LogP contribution in [-0.2, 0) is 16.4 Å². The molecule has 0 amide bonds. The van der Waals surface area contributed by atoms with Crippen molar-refractivity contribution in [1.29, 1.82) is 0 Å². The number of phenols is 1. The van der Waals surface area contributed by atoms with Gasteiger partial charge < -0.3 is 10.1 Å². The standard InChI is InChI=1S/C12H15N3O3S/c1-3-11-13-7-12(14-11)19(17,18)15-9-4-5-10(16)8(2)6-9/h4-7,15-16H,3H2,1-2H3,(H,13,14). The maximum Gasteiger partial charge on any atom is 0.278 e. The largest absolute Gasteiger partial charge is 0.508 e. The fourth-order valence-corrected chi connectivity index (χ4v) is 2.58. The number of aromatic amines is 1. The van der Waals surface area contributed by atoms with Gasteiger partial charge in [0.25, 0.3) is 10.0 Å². The maximum absolute atomic E-state index is 12.1. The highest BCUT2D eigenvalue weighted by molar-refractivity contribution is 7.92. The van der Waals surface area contributed by atoms with Crippen LogP contribution in [0.5, 0.6) is 5.75 Å². The Labute approximate surface area is 111 Å². The molecule has 2 rings (SSSR count). The number of hydrogen-bond donors (Lipinski definition) is 3. The zero-order chi connectivity index (χ0) is 14.0. The first-order valence-corrected chi connectivity index (χ1v) is 7.27. The van der Waals surface area contributed by atoms with E-state index in [0.717, 1.165) is 0 Å². The van der Waals surface area contributed by atoms with Crippen LogP contribution >= 0.6 is 0 Å². The molecule has 0 bridgehead atoms. The van der Waals surface area contributed by atoms with E-state index in [1.54, 1.807) is 13.0 Å². The molecule has 0 saturated carbocycles. The fraction of sp³-hybridized carbons (Fsp3) is 0.250. The summed E-state index contributed by atoms with van der Waals surface area (Å²) in [5, 5.41) is 9.42. The molecular weight excluding hydrogens is 266 g/mol. The molecule has 0 fully saturated rings. The Morgan fingerprint density at radius 2 is 2.16 bits per heavy atom. The predicted octanol–water partition coefficient (Wildman–Crippen LogP) is 1.79. The number of sulfonamides is 1. The van der Waals surface area contributed by atoms with Gasteiger partial charge in [-0.25, -0.2) is 4.98 Å². The number of aromatic nitrogens is 2. The smallest absolute Gasteiger partial charge is 0.278 e. The van der Waals surface area contributed by atoms with Gasteiger partial charge in [-0.1, -0.05) is 6.92 Å². The third kappa shape index (κ3) is 2.87. The molecule has 0 radical (unpaired) electrons. The van der Waals surface area contributed by atoms with E-state index in [1.165, 1.54) is 18.3 Å². The van der Waals surface area contributed by atoms with Gasteiger partial charge in [0.2, 0.25) is 0 Å². The number of nitrogens with zero attached hydrogens (tertiary/aromatic N) is 1. The van der Waals surface area contributed by atoms with E-state index in [1.807, 2.05) is 6.92 Å². The summed E-state index contributed by atoms with van der Waals surface area (Å²) in [6.07, 6.45) is 1.92. The van der Waals surface area contributed by atoms with Crippen molar-refractivity contribution in [2.45, 2.75) is 25.3 Å². The van der Waals surface area contributed by atoms with E-state index in [-0.39, 0.29) is 10.8 Å². The highest BCUT2D eigenvalue weighted by Crippen LogP contribution is 2.22. The minimum absolute atomic E-state index is 0.0232. The van der Waals surface area contributed by atoms with Crippen LogP contribution in [0.25, 0.3) is 0 Å². The molecule has 0 spiro atoms. The van der Waals surface area contributed by atoms with Crippen LogP contribution in [0.3, 0.4) is 0 Å². The fourth-order valence-electron chi connectivity index (χ4n) is 1.59. The molecule has 7 heteroatoms. The summed E-state index contributed by atoms with van der Waals surface area (Å²) in [6, 6.07) is 4.50. The normalized spacial score (nSPS) is 11.5. The van der Waals surface area contributed by atoms with Crippen molar-refractivity contribution < 1.29 is 13.5 Å². The molecule has 6 nitrogen and oxygen atoms in total. The van der Waals surface area contributed by atoms with Crippen LogP contribution < -0.4 is 4.72 Å². The Morgan fingerprint density at radius 1 is 1.42 bits per heavy atom. The van der Waals surface area contributed by atoms with Crippen LogP contribution in [0, 0.1) is 6.92 Å². The summed E-state index contributed by atoms with van der Waals surface area (Å²) in [4.78, 5) is 6.70. The van der Waals surface area contributed by atoms with Gasteiger partial charge in [0.1, 0.15) is 11.6 Å². The summed E-state index contributed by atoms with van der Waals surface area (Å²) >= 11 is 0. The van der Waals surface area contributed by atoms with E-state index in [0.29, 0.717) is 23.5 Å². The van der Waals surface area contributed by atoms with Crippen molar-refractivity contribution in [2.24, 2.45) is 0 Å². The molecule has 1 aromatic carbocycles. The first-order valence-electron chi connectivity index (χ1n) is 5.78. The molecule has 0 atom stereocenters. The molecule has 19 heavy (non-hydrogen) atoms. The van der Waals surface area contributed by atoms with Crippen molar-refractivity contribution >= 4 is 15.7 Å². The third-order valence-electron chi connectivity index (χ3n) is 2.68. The molecule has 1 aromatic heterocycles. The Hall–Kier alpha value is -2.02. The van der Waals surface area contributed by atoms with Gasteiger partial charge in [-0.05, 0) is 30.7 Å². The monoisotopic (exact) mass is 281 g/mol. The molecule has 0 aliphatic rings. The highest BCUT2D eigenvalue weighted by Gasteiger charge is 2.17. The van der Waals surface area contributed by atoms with Crippen LogP contribution in [0.4, 0.5) is 5.69 Å². The van der Waals surface area contributed by atoms with Gasteiger partial charge in [0.05, 0.1) is 6.20 Å². The lowest BCUT2D eigenvalue weighted by atomic mass is 10.2. The average molecular weight is 281 g/mol. The molecule has 1 heterocycles. The summed E-state index contributed by atoms with van der Waals surface area (Å²) < 4.78 is 26.6. The van der Waals surface area contributed by atoms with E-state index >= 15 is 0 Å². The number of benzene rings is 1. The van der Waals surface area contributed by atoms with Crippen LogP contribution in [0.1, 0.15) is 18.3 Å². The van der Waals surface area contributed by atoms with E-state index in [4.69, 9.17) is 0 Å².